The van der Waals surface area contributed by atoms with Crippen molar-refractivity contribution in [1.29, 1.82) is 0 Å². The molecule has 6 nitrogen and oxygen atoms in total. The summed E-state index contributed by atoms with van der Waals surface area (Å²) in [6.45, 7) is -0.00617. The van der Waals surface area contributed by atoms with Gasteiger partial charge in [-0.1, -0.05) is 18.2 Å². The average molecular weight is 285 g/mol. The van der Waals surface area contributed by atoms with E-state index in [1.54, 1.807) is 36.4 Å². The van der Waals surface area contributed by atoms with Gasteiger partial charge >= 0.3 is 0 Å². The predicted molar refractivity (Wildman–Crippen MR) is 81.3 cm³/mol. The number of rotatable bonds is 6. The summed E-state index contributed by atoms with van der Waals surface area (Å²) >= 11 is 0. The zero-order valence-electron chi connectivity index (χ0n) is 11.5. The van der Waals surface area contributed by atoms with Crippen LogP contribution in [0.1, 0.15) is 0 Å². The SMILES string of the molecule is COCC(=O)Nc1ccc(N(N=O)c2ccccc2)cc1. The van der Waals surface area contributed by atoms with Crippen LogP contribution in [0.5, 0.6) is 0 Å². The first-order valence-electron chi connectivity index (χ1n) is 6.32. The van der Waals surface area contributed by atoms with Gasteiger partial charge in [0.25, 0.3) is 0 Å². The molecular formula is C15H15N3O3. The number of carbonyl (C=O) groups excluding carboxylic acids is 1. The lowest BCUT2D eigenvalue weighted by atomic mass is 10.2. The van der Waals surface area contributed by atoms with E-state index in [-0.39, 0.29) is 12.5 Å². The van der Waals surface area contributed by atoms with Crippen LogP contribution >= 0.6 is 0 Å². The highest BCUT2D eigenvalue weighted by Gasteiger charge is 2.09. The molecule has 21 heavy (non-hydrogen) atoms. The predicted octanol–water partition coefficient (Wildman–Crippen LogP) is 3.09. The summed E-state index contributed by atoms with van der Waals surface area (Å²) in [4.78, 5) is 22.4. The van der Waals surface area contributed by atoms with Crippen molar-refractivity contribution >= 4 is 23.0 Å². The van der Waals surface area contributed by atoms with Crippen LogP contribution in [0.25, 0.3) is 0 Å². The molecule has 0 heterocycles. The van der Waals surface area contributed by atoms with E-state index in [1.807, 2.05) is 18.2 Å². The molecule has 0 aliphatic carbocycles. The molecule has 0 atom stereocenters. The second-order valence-corrected chi connectivity index (χ2v) is 4.26. The van der Waals surface area contributed by atoms with Crippen LogP contribution in [0.3, 0.4) is 0 Å². The fourth-order valence-corrected chi connectivity index (χ4v) is 1.83. The molecule has 2 rings (SSSR count). The minimum Gasteiger partial charge on any atom is -0.375 e. The van der Waals surface area contributed by atoms with Crippen molar-refractivity contribution in [2.75, 3.05) is 24.0 Å². The minimum atomic E-state index is -0.237. The van der Waals surface area contributed by atoms with Crippen molar-refractivity contribution in [3.8, 4) is 0 Å². The van der Waals surface area contributed by atoms with Crippen molar-refractivity contribution in [2.45, 2.75) is 0 Å². The van der Waals surface area contributed by atoms with Gasteiger partial charge in [-0.15, -0.1) is 4.91 Å². The number of anilines is 3. The summed E-state index contributed by atoms with van der Waals surface area (Å²) in [7, 11) is 1.45. The van der Waals surface area contributed by atoms with E-state index < -0.39 is 0 Å². The zero-order chi connectivity index (χ0) is 15.1. The maximum atomic E-state index is 11.4. The van der Waals surface area contributed by atoms with Crippen molar-refractivity contribution in [3.63, 3.8) is 0 Å². The molecule has 0 bridgehead atoms. The summed E-state index contributed by atoms with van der Waals surface area (Å²) in [6, 6.07) is 15.9. The lowest BCUT2D eigenvalue weighted by Crippen LogP contribution is -2.17. The average Bonchev–Trinajstić information content (AvgIpc) is 2.51. The third-order valence-electron chi connectivity index (χ3n) is 2.75. The number of para-hydroxylation sites is 1. The Balaban J connectivity index is 2.14. The van der Waals surface area contributed by atoms with E-state index in [0.717, 1.165) is 0 Å². The van der Waals surface area contributed by atoms with Crippen LogP contribution in [0, 0.1) is 4.91 Å². The summed E-state index contributed by atoms with van der Waals surface area (Å²) in [5.41, 5.74) is 1.91. The lowest BCUT2D eigenvalue weighted by Gasteiger charge is -2.15. The molecule has 2 aromatic rings. The Morgan fingerprint density at radius 2 is 1.71 bits per heavy atom. The summed E-state index contributed by atoms with van der Waals surface area (Å²) in [5.74, 6) is -0.237. The Hall–Kier alpha value is -2.73. The van der Waals surface area contributed by atoms with E-state index in [1.165, 1.54) is 12.1 Å². The van der Waals surface area contributed by atoms with Crippen LogP contribution in [0.15, 0.2) is 59.9 Å². The van der Waals surface area contributed by atoms with Gasteiger partial charge in [-0.05, 0) is 36.4 Å². The van der Waals surface area contributed by atoms with E-state index in [9.17, 15) is 9.70 Å². The van der Waals surface area contributed by atoms with E-state index in [0.29, 0.717) is 17.1 Å². The Bertz CT molecular complexity index is 599. The maximum Gasteiger partial charge on any atom is 0.250 e. The number of benzene rings is 2. The molecular weight excluding hydrogens is 270 g/mol. The van der Waals surface area contributed by atoms with Crippen LogP contribution in [0.2, 0.25) is 0 Å². The first kappa shape index (κ1) is 14.7. The molecule has 0 saturated carbocycles. The Kier molecular flexibility index (Phi) is 5.00. The molecule has 6 heteroatoms. The normalized spacial score (nSPS) is 9.95. The number of nitrogens with one attached hydrogen (secondary N) is 1. The van der Waals surface area contributed by atoms with E-state index >= 15 is 0 Å². The highest BCUT2D eigenvalue weighted by molar-refractivity contribution is 5.91. The molecule has 0 aliphatic heterocycles. The number of ether oxygens (including phenoxy) is 1. The van der Waals surface area contributed by atoms with Gasteiger partial charge in [0.05, 0.1) is 16.7 Å². The molecule has 0 unspecified atom stereocenters. The third-order valence-corrected chi connectivity index (χ3v) is 2.75. The molecule has 0 fully saturated rings. The Morgan fingerprint density at radius 3 is 2.29 bits per heavy atom. The van der Waals surface area contributed by atoms with Gasteiger partial charge in [-0.3, -0.25) is 4.79 Å². The third kappa shape index (κ3) is 3.87. The van der Waals surface area contributed by atoms with Crippen molar-refractivity contribution < 1.29 is 9.53 Å². The van der Waals surface area contributed by atoms with E-state index in [4.69, 9.17) is 4.74 Å². The fraction of sp³-hybridized carbons (Fsp3) is 0.133. The van der Waals surface area contributed by atoms with Crippen molar-refractivity contribution in [1.82, 2.24) is 0 Å². The molecule has 0 saturated heterocycles. The number of amides is 1. The number of hydrogen-bond donors (Lipinski definition) is 1. The van der Waals surface area contributed by atoms with E-state index in [2.05, 4.69) is 10.6 Å². The summed E-state index contributed by atoms with van der Waals surface area (Å²) in [6.07, 6.45) is 0. The summed E-state index contributed by atoms with van der Waals surface area (Å²) < 4.78 is 4.74. The molecule has 0 spiro atoms. The van der Waals surface area contributed by atoms with Crippen molar-refractivity contribution in [2.24, 2.45) is 5.29 Å². The minimum absolute atomic E-state index is 0.00617. The van der Waals surface area contributed by atoms with Crippen molar-refractivity contribution in [3.05, 3.63) is 59.5 Å². The standard InChI is InChI=1S/C15H15N3O3/c1-21-11-15(19)16-12-7-9-14(10-8-12)18(17-20)13-5-3-2-4-6-13/h2-10H,11H2,1H3,(H,16,19). The number of methoxy groups -OCH3 is 1. The van der Waals surface area contributed by atoms with Gasteiger partial charge in [0.1, 0.15) is 6.61 Å². The number of nitroso groups, excluding NO2 is 1. The largest absolute Gasteiger partial charge is 0.375 e. The molecule has 2 aromatic carbocycles. The first-order valence-corrected chi connectivity index (χ1v) is 6.32. The van der Waals surface area contributed by atoms with Crippen LogP contribution < -0.4 is 10.3 Å². The lowest BCUT2D eigenvalue weighted by molar-refractivity contribution is -0.119. The fourth-order valence-electron chi connectivity index (χ4n) is 1.83. The van der Waals surface area contributed by atoms with Crippen LogP contribution in [-0.4, -0.2) is 19.6 Å². The maximum absolute atomic E-state index is 11.4. The van der Waals surface area contributed by atoms with Gasteiger partial charge in [-0.2, -0.15) is 5.01 Å². The second-order valence-electron chi connectivity index (χ2n) is 4.26. The van der Waals surface area contributed by atoms with Crippen LogP contribution in [-0.2, 0) is 9.53 Å². The van der Waals surface area contributed by atoms with Crippen LogP contribution in [0.4, 0.5) is 17.1 Å². The topological polar surface area (TPSA) is 71.0 Å². The Labute approximate surface area is 122 Å². The number of hydrogen-bond acceptors (Lipinski definition) is 4. The first-order chi connectivity index (χ1) is 10.2. The molecule has 0 aliphatic rings. The molecule has 1 amide bonds. The highest BCUT2D eigenvalue weighted by Crippen LogP contribution is 2.26. The van der Waals surface area contributed by atoms with Gasteiger partial charge < -0.3 is 10.1 Å². The smallest absolute Gasteiger partial charge is 0.250 e. The van der Waals surface area contributed by atoms with Gasteiger partial charge in [-0.25, -0.2) is 0 Å². The number of nitrogens with zero attached hydrogens (tertiary/aromatic N) is 2. The molecule has 108 valence electrons. The molecule has 1 N–H and O–H groups in total. The molecule has 0 radical (unpaired) electrons. The molecule has 0 aromatic heterocycles. The Morgan fingerprint density at radius 1 is 1.10 bits per heavy atom. The van der Waals surface area contributed by atoms with Gasteiger partial charge in [0, 0.05) is 12.8 Å². The highest BCUT2D eigenvalue weighted by atomic mass is 16.5. The quantitative estimate of drug-likeness (QED) is 0.654. The monoisotopic (exact) mass is 285 g/mol. The zero-order valence-corrected chi connectivity index (χ0v) is 11.5. The number of carbonyl (C=O) groups is 1. The summed E-state index contributed by atoms with van der Waals surface area (Å²) in [5, 5.41) is 6.98. The van der Waals surface area contributed by atoms with Gasteiger partial charge in [0.15, 0.2) is 0 Å². The second kappa shape index (κ2) is 7.16. The van der Waals surface area contributed by atoms with Gasteiger partial charge in [0.2, 0.25) is 5.91 Å².